The Bertz CT molecular complexity index is 338. The summed E-state index contributed by atoms with van der Waals surface area (Å²) < 4.78 is 12.6. The van der Waals surface area contributed by atoms with E-state index < -0.39 is 16.5 Å². The lowest BCUT2D eigenvalue weighted by Crippen LogP contribution is -1.92. The summed E-state index contributed by atoms with van der Waals surface area (Å²) in [5.41, 5.74) is -0.339. The zero-order valence-electron chi connectivity index (χ0n) is 6.24. The Balaban J connectivity index is 3.36. The van der Waals surface area contributed by atoms with Gasteiger partial charge in [-0.1, -0.05) is 0 Å². The number of benzene rings is 1. The molecule has 1 rings (SSSR count). The van der Waals surface area contributed by atoms with E-state index in [1.54, 1.807) is 0 Å². The van der Waals surface area contributed by atoms with Crippen molar-refractivity contribution in [3.8, 4) is 5.75 Å². The number of hydrogen-bond donors (Lipinski definition) is 1. The highest BCUT2D eigenvalue weighted by Gasteiger charge is 2.16. The molecule has 0 amide bonds. The van der Waals surface area contributed by atoms with Crippen LogP contribution in [0, 0.1) is 22.9 Å². The van der Waals surface area contributed by atoms with Crippen molar-refractivity contribution >= 4 is 5.69 Å². The van der Waals surface area contributed by atoms with Crippen LogP contribution in [0.5, 0.6) is 5.75 Å². The van der Waals surface area contributed by atoms with Crippen molar-refractivity contribution < 1.29 is 14.4 Å². The van der Waals surface area contributed by atoms with Crippen LogP contribution in [0.25, 0.3) is 0 Å². The topological polar surface area (TPSA) is 63.4 Å². The second-order valence-corrected chi connectivity index (χ2v) is 2.30. The predicted octanol–water partition coefficient (Wildman–Crippen LogP) is 1.75. The summed E-state index contributed by atoms with van der Waals surface area (Å²) in [5.74, 6) is -1.51. The Hall–Kier alpha value is -1.65. The SMILES string of the molecule is Cc1c([N+](=O)[O-])ccc(F)c1O. The molecule has 5 heteroatoms. The van der Waals surface area contributed by atoms with Crippen LogP contribution in [0.3, 0.4) is 0 Å². The maximum absolute atomic E-state index is 12.6. The number of aromatic hydroxyl groups is 1. The first kappa shape index (κ1) is 8.45. The van der Waals surface area contributed by atoms with Gasteiger partial charge in [-0.2, -0.15) is 0 Å². The van der Waals surface area contributed by atoms with Gasteiger partial charge in [0.05, 0.1) is 10.5 Å². The molecular weight excluding hydrogens is 165 g/mol. The van der Waals surface area contributed by atoms with Crippen LogP contribution in [0.1, 0.15) is 5.56 Å². The second-order valence-electron chi connectivity index (χ2n) is 2.30. The lowest BCUT2D eigenvalue weighted by molar-refractivity contribution is -0.385. The van der Waals surface area contributed by atoms with Crippen molar-refractivity contribution in [2.24, 2.45) is 0 Å². The van der Waals surface area contributed by atoms with E-state index in [0.717, 1.165) is 12.1 Å². The lowest BCUT2D eigenvalue weighted by atomic mass is 10.2. The maximum atomic E-state index is 12.6. The van der Waals surface area contributed by atoms with Gasteiger partial charge in [-0.25, -0.2) is 4.39 Å². The molecule has 0 aliphatic heterocycles. The molecule has 0 heterocycles. The Labute approximate surface area is 67.4 Å². The number of nitro groups is 1. The van der Waals surface area contributed by atoms with Gasteiger partial charge in [0.15, 0.2) is 11.6 Å². The van der Waals surface area contributed by atoms with E-state index in [1.807, 2.05) is 0 Å². The summed E-state index contributed by atoms with van der Waals surface area (Å²) in [7, 11) is 0. The van der Waals surface area contributed by atoms with Crippen molar-refractivity contribution in [2.45, 2.75) is 6.92 Å². The summed E-state index contributed by atoms with van der Waals surface area (Å²) in [4.78, 5) is 9.59. The molecule has 1 aromatic carbocycles. The first-order valence-corrected chi connectivity index (χ1v) is 3.16. The van der Waals surface area contributed by atoms with E-state index in [1.165, 1.54) is 6.92 Å². The molecule has 12 heavy (non-hydrogen) atoms. The van der Waals surface area contributed by atoms with E-state index in [0.29, 0.717) is 0 Å². The summed E-state index contributed by atoms with van der Waals surface area (Å²) >= 11 is 0. The third kappa shape index (κ3) is 1.20. The van der Waals surface area contributed by atoms with Crippen molar-refractivity contribution in [3.63, 3.8) is 0 Å². The summed E-state index contributed by atoms with van der Waals surface area (Å²) in [6.07, 6.45) is 0. The molecule has 0 unspecified atom stereocenters. The third-order valence-electron chi connectivity index (χ3n) is 1.55. The average Bonchev–Trinajstić information content (AvgIpc) is 2.00. The highest BCUT2D eigenvalue weighted by Crippen LogP contribution is 2.28. The second kappa shape index (κ2) is 2.77. The van der Waals surface area contributed by atoms with Crippen LogP contribution in [0.15, 0.2) is 12.1 Å². The van der Waals surface area contributed by atoms with Gasteiger partial charge in [0, 0.05) is 6.07 Å². The molecule has 64 valence electrons. The number of hydrogen-bond acceptors (Lipinski definition) is 3. The molecule has 0 aliphatic carbocycles. The van der Waals surface area contributed by atoms with Gasteiger partial charge in [-0.15, -0.1) is 0 Å². The molecule has 0 fully saturated rings. The first-order chi connectivity index (χ1) is 5.54. The molecule has 0 atom stereocenters. The molecule has 0 aliphatic rings. The van der Waals surface area contributed by atoms with Crippen molar-refractivity contribution in [3.05, 3.63) is 33.6 Å². The van der Waals surface area contributed by atoms with Gasteiger partial charge in [-0.3, -0.25) is 10.1 Å². The number of phenolic OH excluding ortho intramolecular Hbond substituents is 1. The zero-order valence-corrected chi connectivity index (χ0v) is 6.24. The fraction of sp³-hybridized carbons (Fsp3) is 0.143. The minimum Gasteiger partial charge on any atom is -0.504 e. The average molecular weight is 171 g/mol. The summed E-state index contributed by atoms with van der Waals surface area (Å²) in [6.45, 7) is 1.29. The van der Waals surface area contributed by atoms with Crippen molar-refractivity contribution in [2.75, 3.05) is 0 Å². The molecule has 0 saturated carbocycles. The van der Waals surface area contributed by atoms with Gasteiger partial charge in [-0.05, 0) is 13.0 Å². The molecule has 0 bridgehead atoms. The Morgan fingerprint density at radius 1 is 1.58 bits per heavy atom. The zero-order chi connectivity index (χ0) is 9.30. The van der Waals surface area contributed by atoms with Gasteiger partial charge in [0.1, 0.15) is 0 Å². The fourth-order valence-electron chi connectivity index (χ4n) is 0.854. The van der Waals surface area contributed by atoms with Crippen LogP contribution < -0.4 is 0 Å². The Kier molecular flexibility index (Phi) is 1.95. The van der Waals surface area contributed by atoms with Crippen LogP contribution in [0.4, 0.5) is 10.1 Å². The van der Waals surface area contributed by atoms with Crippen LogP contribution >= 0.6 is 0 Å². The minimum absolute atomic E-state index is 0.0556. The van der Waals surface area contributed by atoms with Crippen LogP contribution in [0.2, 0.25) is 0 Å². The molecule has 1 N–H and O–H groups in total. The fourth-order valence-corrected chi connectivity index (χ4v) is 0.854. The highest BCUT2D eigenvalue weighted by molar-refractivity contribution is 5.48. The number of nitrogens with zero attached hydrogens (tertiary/aromatic N) is 1. The van der Waals surface area contributed by atoms with E-state index in [-0.39, 0.29) is 11.3 Å². The van der Waals surface area contributed by atoms with Gasteiger partial charge < -0.3 is 5.11 Å². The lowest BCUT2D eigenvalue weighted by Gasteiger charge is -1.99. The van der Waals surface area contributed by atoms with E-state index in [2.05, 4.69) is 0 Å². The number of nitro benzene ring substituents is 1. The molecule has 4 nitrogen and oxygen atoms in total. The standard InChI is InChI=1S/C7H6FNO3/c1-4-6(9(11)12)3-2-5(8)7(4)10/h2-3,10H,1H3. The van der Waals surface area contributed by atoms with E-state index in [9.17, 15) is 14.5 Å². The minimum atomic E-state index is -0.849. The first-order valence-electron chi connectivity index (χ1n) is 3.16. The number of rotatable bonds is 1. The van der Waals surface area contributed by atoms with Gasteiger partial charge in [0.25, 0.3) is 5.69 Å². The van der Waals surface area contributed by atoms with Crippen LogP contribution in [-0.4, -0.2) is 10.0 Å². The third-order valence-corrected chi connectivity index (χ3v) is 1.55. The normalized spacial score (nSPS) is 9.83. The molecular formula is C7H6FNO3. The number of phenols is 1. The predicted molar refractivity (Wildman–Crippen MR) is 39.5 cm³/mol. The smallest absolute Gasteiger partial charge is 0.276 e. The van der Waals surface area contributed by atoms with E-state index >= 15 is 0 Å². The van der Waals surface area contributed by atoms with Crippen molar-refractivity contribution in [1.29, 1.82) is 0 Å². The quantitative estimate of drug-likeness (QED) is 0.517. The highest BCUT2D eigenvalue weighted by atomic mass is 19.1. The van der Waals surface area contributed by atoms with Crippen molar-refractivity contribution in [1.82, 2.24) is 0 Å². The summed E-state index contributed by atoms with van der Waals surface area (Å²) in [6, 6.07) is 1.88. The molecule has 0 radical (unpaired) electrons. The van der Waals surface area contributed by atoms with Gasteiger partial charge >= 0.3 is 0 Å². The molecule has 0 saturated heterocycles. The van der Waals surface area contributed by atoms with E-state index in [4.69, 9.17) is 5.11 Å². The monoisotopic (exact) mass is 171 g/mol. The van der Waals surface area contributed by atoms with Crippen LogP contribution in [-0.2, 0) is 0 Å². The molecule has 0 aromatic heterocycles. The summed E-state index contributed by atoms with van der Waals surface area (Å²) in [5, 5.41) is 19.2. The largest absolute Gasteiger partial charge is 0.504 e. The molecule has 1 aromatic rings. The Morgan fingerprint density at radius 3 is 2.67 bits per heavy atom. The van der Waals surface area contributed by atoms with Gasteiger partial charge in [0.2, 0.25) is 0 Å². The molecule has 0 spiro atoms. The Morgan fingerprint density at radius 2 is 2.17 bits per heavy atom. The number of halogens is 1. The maximum Gasteiger partial charge on any atom is 0.276 e.